The van der Waals surface area contributed by atoms with Crippen molar-refractivity contribution < 1.29 is 4.79 Å². The third-order valence-electron chi connectivity index (χ3n) is 2.81. The Bertz CT molecular complexity index is 689. The van der Waals surface area contributed by atoms with E-state index in [1.807, 2.05) is 18.2 Å². The molecular weight excluding hydrogens is 372 g/mol. The van der Waals surface area contributed by atoms with Crippen molar-refractivity contribution in [2.45, 2.75) is 6.42 Å². The molecule has 0 radical (unpaired) electrons. The Morgan fingerprint density at radius 2 is 1.90 bits per heavy atom. The van der Waals surface area contributed by atoms with E-state index in [4.69, 9.17) is 29.6 Å². The molecular formula is C15H12BrClN2OS. The van der Waals surface area contributed by atoms with E-state index in [1.165, 1.54) is 0 Å². The van der Waals surface area contributed by atoms with E-state index in [0.717, 1.165) is 15.6 Å². The number of benzene rings is 2. The highest BCUT2D eigenvalue weighted by Crippen LogP contribution is 2.25. The summed E-state index contributed by atoms with van der Waals surface area (Å²) in [6.45, 7) is 0. The standard InChI is InChI=1S/C15H12BrClN2OS/c16-11-5-6-13(12(17)8-11)19-14(20)7-9-1-3-10(4-2-9)15(18)21/h1-6,8H,7H2,(H2,18,21)(H,19,20). The Morgan fingerprint density at radius 3 is 2.48 bits per heavy atom. The molecule has 0 unspecified atom stereocenters. The number of anilines is 1. The van der Waals surface area contributed by atoms with Crippen molar-refractivity contribution >= 4 is 56.3 Å². The number of carbonyl (C=O) groups excluding carboxylic acids is 1. The number of thiocarbonyl (C=S) groups is 1. The van der Waals surface area contributed by atoms with Gasteiger partial charge in [-0.1, -0.05) is 64.0 Å². The van der Waals surface area contributed by atoms with Crippen LogP contribution in [0.2, 0.25) is 5.02 Å². The van der Waals surface area contributed by atoms with Crippen LogP contribution in [0.5, 0.6) is 0 Å². The van der Waals surface area contributed by atoms with E-state index >= 15 is 0 Å². The molecule has 0 saturated carbocycles. The summed E-state index contributed by atoms with van der Waals surface area (Å²) in [6.07, 6.45) is 0.254. The van der Waals surface area contributed by atoms with Gasteiger partial charge in [0.25, 0.3) is 0 Å². The topological polar surface area (TPSA) is 55.1 Å². The van der Waals surface area contributed by atoms with Crippen LogP contribution in [0.1, 0.15) is 11.1 Å². The number of carbonyl (C=O) groups is 1. The molecule has 2 aromatic carbocycles. The molecule has 1 amide bonds. The first-order valence-corrected chi connectivity index (χ1v) is 7.67. The number of halogens is 2. The van der Waals surface area contributed by atoms with Gasteiger partial charge in [-0.25, -0.2) is 0 Å². The zero-order chi connectivity index (χ0) is 15.4. The molecule has 0 bridgehead atoms. The van der Waals surface area contributed by atoms with Gasteiger partial charge in [-0.3, -0.25) is 4.79 Å². The van der Waals surface area contributed by atoms with E-state index < -0.39 is 0 Å². The van der Waals surface area contributed by atoms with Gasteiger partial charge in [-0.15, -0.1) is 0 Å². The summed E-state index contributed by atoms with van der Waals surface area (Å²) in [4.78, 5) is 12.3. The Labute approximate surface area is 141 Å². The minimum Gasteiger partial charge on any atom is -0.389 e. The van der Waals surface area contributed by atoms with E-state index in [0.29, 0.717) is 15.7 Å². The van der Waals surface area contributed by atoms with Gasteiger partial charge < -0.3 is 11.1 Å². The van der Waals surface area contributed by atoms with Crippen LogP contribution in [0.4, 0.5) is 5.69 Å². The highest BCUT2D eigenvalue weighted by Gasteiger charge is 2.07. The van der Waals surface area contributed by atoms with Crippen LogP contribution >= 0.6 is 39.7 Å². The second-order valence-corrected chi connectivity index (χ2v) is 6.17. The average Bonchev–Trinajstić information content (AvgIpc) is 2.42. The maximum absolute atomic E-state index is 12.0. The lowest BCUT2D eigenvalue weighted by molar-refractivity contribution is -0.115. The number of hydrogen-bond acceptors (Lipinski definition) is 2. The molecule has 21 heavy (non-hydrogen) atoms. The fourth-order valence-electron chi connectivity index (χ4n) is 1.76. The number of amides is 1. The monoisotopic (exact) mass is 382 g/mol. The van der Waals surface area contributed by atoms with Crippen molar-refractivity contribution in [2.75, 3.05) is 5.32 Å². The molecule has 2 rings (SSSR count). The van der Waals surface area contributed by atoms with Gasteiger partial charge in [-0.05, 0) is 23.8 Å². The minimum atomic E-state index is -0.137. The van der Waals surface area contributed by atoms with Crippen LogP contribution in [0.3, 0.4) is 0 Å². The maximum Gasteiger partial charge on any atom is 0.228 e. The van der Waals surface area contributed by atoms with Gasteiger partial charge >= 0.3 is 0 Å². The van der Waals surface area contributed by atoms with E-state index in [1.54, 1.807) is 24.3 Å². The Hall–Kier alpha value is -1.43. The Morgan fingerprint density at radius 1 is 1.24 bits per heavy atom. The van der Waals surface area contributed by atoms with Gasteiger partial charge in [0.15, 0.2) is 0 Å². The molecule has 108 valence electrons. The quantitative estimate of drug-likeness (QED) is 0.787. The largest absolute Gasteiger partial charge is 0.389 e. The first-order chi connectivity index (χ1) is 9.95. The normalized spacial score (nSPS) is 10.2. The summed E-state index contributed by atoms with van der Waals surface area (Å²) < 4.78 is 0.860. The summed E-state index contributed by atoms with van der Waals surface area (Å²) in [5, 5.41) is 3.27. The van der Waals surface area contributed by atoms with Crippen molar-refractivity contribution in [3.63, 3.8) is 0 Å². The average molecular weight is 384 g/mol. The lowest BCUT2D eigenvalue weighted by Crippen LogP contribution is -2.15. The second-order valence-electron chi connectivity index (χ2n) is 4.41. The number of nitrogens with two attached hydrogens (primary N) is 1. The number of rotatable bonds is 4. The molecule has 0 aromatic heterocycles. The summed E-state index contributed by atoms with van der Waals surface area (Å²) >= 11 is 14.3. The van der Waals surface area contributed by atoms with Crippen LogP contribution in [0, 0.1) is 0 Å². The third kappa shape index (κ3) is 4.52. The van der Waals surface area contributed by atoms with E-state index in [-0.39, 0.29) is 12.3 Å². The van der Waals surface area contributed by atoms with Crippen molar-refractivity contribution in [2.24, 2.45) is 5.73 Å². The molecule has 0 aliphatic carbocycles. The SMILES string of the molecule is NC(=S)c1ccc(CC(=O)Nc2ccc(Br)cc2Cl)cc1. The fourth-order valence-corrected chi connectivity index (χ4v) is 2.61. The second kappa shape index (κ2) is 7.02. The highest BCUT2D eigenvalue weighted by atomic mass is 79.9. The van der Waals surface area contributed by atoms with Crippen molar-refractivity contribution in [3.8, 4) is 0 Å². The molecule has 0 aliphatic rings. The van der Waals surface area contributed by atoms with Gasteiger partial charge in [0, 0.05) is 10.0 Å². The highest BCUT2D eigenvalue weighted by molar-refractivity contribution is 9.10. The van der Waals surface area contributed by atoms with Crippen molar-refractivity contribution in [1.82, 2.24) is 0 Å². The third-order valence-corrected chi connectivity index (χ3v) is 3.85. The summed E-state index contributed by atoms with van der Waals surface area (Å²) in [6, 6.07) is 12.6. The predicted octanol–water partition coefficient (Wildman–Crippen LogP) is 3.92. The van der Waals surface area contributed by atoms with Crippen LogP contribution in [-0.4, -0.2) is 10.9 Å². The van der Waals surface area contributed by atoms with Crippen LogP contribution < -0.4 is 11.1 Å². The molecule has 2 aromatic rings. The zero-order valence-corrected chi connectivity index (χ0v) is 14.1. The number of nitrogens with one attached hydrogen (secondary N) is 1. The fraction of sp³-hybridized carbons (Fsp3) is 0.0667. The van der Waals surface area contributed by atoms with Crippen LogP contribution in [0.15, 0.2) is 46.9 Å². The van der Waals surface area contributed by atoms with Gasteiger partial charge in [0.2, 0.25) is 5.91 Å². The lowest BCUT2D eigenvalue weighted by atomic mass is 10.1. The molecule has 3 nitrogen and oxygen atoms in total. The predicted molar refractivity (Wildman–Crippen MR) is 93.8 cm³/mol. The smallest absolute Gasteiger partial charge is 0.228 e. The molecule has 3 N–H and O–H groups in total. The van der Waals surface area contributed by atoms with Gasteiger partial charge in [0.1, 0.15) is 4.99 Å². The summed E-state index contributed by atoms with van der Waals surface area (Å²) in [7, 11) is 0. The molecule has 0 atom stereocenters. The maximum atomic E-state index is 12.0. The molecule has 0 fully saturated rings. The first kappa shape index (κ1) is 15.9. The summed E-state index contributed by atoms with van der Waals surface area (Å²) in [5.41, 5.74) is 7.78. The van der Waals surface area contributed by atoms with Crippen molar-refractivity contribution in [3.05, 3.63) is 63.1 Å². The zero-order valence-electron chi connectivity index (χ0n) is 10.9. The Kier molecular flexibility index (Phi) is 5.33. The summed E-state index contributed by atoms with van der Waals surface area (Å²) in [5.74, 6) is -0.137. The lowest BCUT2D eigenvalue weighted by Gasteiger charge is -2.08. The van der Waals surface area contributed by atoms with Crippen LogP contribution in [-0.2, 0) is 11.2 Å². The first-order valence-electron chi connectivity index (χ1n) is 6.09. The molecule has 6 heteroatoms. The van der Waals surface area contributed by atoms with E-state index in [2.05, 4.69) is 21.2 Å². The molecule has 0 saturated heterocycles. The number of hydrogen-bond donors (Lipinski definition) is 2. The van der Waals surface area contributed by atoms with Gasteiger partial charge in [-0.2, -0.15) is 0 Å². The molecule has 0 heterocycles. The van der Waals surface area contributed by atoms with Crippen LogP contribution in [0.25, 0.3) is 0 Å². The van der Waals surface area contributed by atoms with Gasteiger partial charge in [0.05, 0.1) is 17.1 Å². The van der Waals surface area contributed by atoms with E-state index in [9.17, 15) is 4.79 Å². The molecule has 0 aliphatic heterocycles. The Balaban J connectivity index is 2.02. The molecule has 0 spiro atoms. The minimum absolute atomic E-state index is 0.137. The van der Waals surface area contributed by atoms with Crippen molar-refractivity contribution in [1.29, 1.82) is 0 Å².